The Bertz CT molecular complexity index is 820. The Balaban J connectivity index is 1.82. The Kier molecular flexibility index (Phi) is 3.98. The third kappa shape index (κ3) is 3.05. The van der Waals surface area contributed by atoms with E-state index in [4.69, 9.17) is 20.8 Å². The first-order valence-electron chi connectivity index (χ1n) is 6.77. The molecule has 0 amide bonds. The molecule has 0 aliphatic heterocycles. The molecule has 110 valence electrons. The molecule has 0 fully saturated rings. The zero-order valence-electron chi connectivity index (χ0n) is 11.9. The summed E-state index contributed by atoms with van der Waals surface area (Å²) in [5, 5.41) is 0.565. The predicted molar refractivity (Wildman–Crippen MR) is 85.3 cm³/mol. The lowest BCUT2D eigenvalue weighted by Gasteiger charge is -2.03. The van der Waals surface area contributed by atoms with Crippen LogP contribution in [0.3, 0.4) is 0 Å². The van der Waals surface area contributed by atoms with Gasteiger partial charge in [-0.1, -0.05) is 35.9 Å². The first-order valence-corrected chi connectivity index (χ1v) is 7.15. The second-order valence-corrected chi connectivity index (χ2v) is 5.26. The molecule has 2 aromatic carbocycles. The molecule has 0 aliphatic rings. The van der Waals surface area contributed by atoms with Crippen LogP contribution in [0, 0.1) is 6.92 Å². The lowest BCUT2D eigenvalue weighted by atomic mass is 10.2. The topological polar surface area (TPSA) is 39.4 Å². The third-order valence-corrected chi connectivity index (χ3v) is 3.48. The number of furan rings is 1. The van der Waals surface area contributed by atoms with Gasteiger partial charge in [-0.05, 0) is 48.9 Å². The van der Waals surface area contributed by atoms with Crippen LogP contribution in [-0.4, -0.2) is 5.97 Å². The molecule has 0 saturated heterocycles. The predicted octanol–water partition coefficient (Wildman–Crippen LogP) is 5.13. The Morgan fingerprint density at radius 3 is 2.64 bits per heavy atom. The van der Waals surface area contributed by atoms with Crippen molar-refractivity contribution in [3.63, 3.8) is 0 Å². The minimum Gasteiger partial charge on any atom is -0.449 e. The highest BCUT2D eigenvalue weighted by Crippen LogP contribution is 2.29. The van der Waals surface area contributed by atoms with Gasteiger partial charge in [-0.15, -0.1) is 0 Å². The van der Waals surface area contributed by atoms with Crippen LogP contribution in [0.2, 0.25) is 5.02 Å². The number of ether oxygens (including phenoxy) is 1. The Morgan fingerprint density at radius 2 is 1.86 bits per heavy atom. The molecule has 3 aromatic rings. The first kappa shape index (κ1) is 14.4. The van der Waals surface area contributed by atoms with Gasteiger partial charge in [-0.3, -0.25) is 0 Å². The SMILES string of the molecule is Cc1cccc(OC(=O)c2ccc(-c3ccccc3Cl)o2)c1. The van der Waals surface area contributed by atoms with Gasteiger partial charge in [0.25, 0.3) is 0 Å². The van der Waals surface area contributed by atoms with E-state index >= 15 is 0 Å². The number of hydrogen-bond acceptors (Lipinski definition) is 3. The van der Waals surface area contributed by atoms with E-state index in [2.05, 4.69) is 0 Å². The van der Waals surface area contributed by atoms with Gasteiger partial charge in [-0.25, -0.2) is 4.79 Å². The molecule has 0 spiro atoms. The van der Waals surface area contributed by atoms with E-state index in [1.165, 1.54) is 0 Å². The number of carbonyl (C=O) groups is 1. The second-order valence-electron chi connectivity index (χ2n) is 4.85. The molecular weight excluding hydrogens is 300 g/mol. The lowest BCUT2D eigenvalue weighted by Crippen LogP contribution is -2.07. The van der Waals surface area contributed by atoms with E-state index in [1.54, 1.807) is 30.3 Å². The van der Waals surface area contributed by atoms with Crippen molar-refractivity contribution in [2.45, 2.75) is 6.92 Å². The zero-order valence-corrected chi connectivity index (χ0v) is 12.6. The van der Waals surface area contributed by atoms with Gasteiger partial charge in [0.1, 0.15) is 11.5 Å². The van der Waals surface area contributed by atoms with Gasteiger partial charge >= 0.3 is 5.97 Å². The summed E-state index contributed by atoms with van der Waals surface area (Å²) in [6.45, 7) is 1.93. The summed E-state index contributed by atoms with van der Waals surface area (Å²) in [4.78, 5) is 12.1. The molecule has 0 radical (unpaired) electrons. The van der Waals surface area contributed by atoms with Crippen LogP contribution in [0.1, 0.15) is 16.1 Å². The molecule has 0 bridgehead atoms. The fourth-order valence-corrected chi connectivity index (χ4v) is 2.32. The van der Waals surface area contributed by atoms with Gasteiger partial charge in [-0.2, -0.15) is 0 Å². The van der Waals surface area contributed by atoms with Gasteiger partial charge in [0.2, 0.25) is 5.76 Å². The Hall–Kier alpha value is -2.52. The van der Waals surface area contributed by atoms with Crippen molar-refractivity contribution in [3.05, 3.63) is 77.0 Å². The molecule has 0 atom stereocenters. The number of benzene rings is 2. The van der Waals surface area contributed by atoms with Crippen molar-refractivity contribution in [3.8, 4) is 17.1 Å². The fourth-order valence-electron chi connectivity index (χ4n) is 2.09. The monoisotopic (exact) mass is 312 g/mol. The summed E-state index contributed by atoms with van der Waals surface area (Å²) in [6.07, 6.45) is 0. The van der Waals surface area contributed by atoms with Crippen molar-refractivity contribution in [1.82, 2.24) is 0 Å². The van der Waals surface area contributed by atoms with Crippen LogP contribution in [0.4, 0.5) is 0 Å². The normalized spacial score (nSPS) is 10.5. The number of esters is 1. The van der Waals surface area contributed by atoms with E-state index in [-0.39, 0.29) is 5.76 Å². The number of aryl methyl sites for hydroxylation is 1. The summed E-state index contributed by atoms with van der Waals surface area (Å²) in [5.74, 6) is 0.614. The van der Waals surface area contributed by atoms with Crippen LogP contribution in [0.25, 0.3) is 11.3 Å². The van der Waals surface area contributed by atoms with E-state index in [1.807, 2.05) is 37.3 Å². The molecule has 0 aliphatic carbocycles. The molecule has 4 heteroatoms. The van der Waals surface area contributed by atoms with E-state index in [9.17, 15) is 4.79 Å². The Morgan fingerprint density at radius 1 is 1.05 bits per heavy atom. The van der Waals surface area contributed by atoms with Gasteiger partial charge in [0.05, 0.1) is 5.02 Å². The van der Waals surface area contributed by atoms with Crippen LogP contribution in [-0.2, 0) is 0 Å². The molecule has 22 heavy (non-hydrogen) atoms. The second kappa shape index (κ2) is 6.08. The molecule has 1 aromatic heterocycles. The molecule has 0 N–H and O–H groups in total. The highest BCUT2D eigenvalue weighted by Gasteiger charge is 2.15. The van der Waals surface area contributed by atoms with Crippen molar-refractivity contribution in [2.24, 2.45) is 0 Å². The maximum absolute atomic E-state index is 12.1. The summed E-state index contributed by atoms with van der Waals surface area (Å²) in [5.41, 5.74) is 1.75. The summed E-state index contributed by atoms with van der Waals surface area (Å²) in [6, 6.07) is 17.8. The van der Waals surface area contributed by atoms with E-state index < -0.39 is 5.97 Å². The summed E-state index contributed by atoms with van der Waals surface area (Å²) < 4.78 is 10.9. The smallest absolute Gasteiger partial charge is 0.379 e. The van der Waals surface area contributed by atoms with Crippen LogP contribution in [0.5, 0.6) is 5.75 Å². The Labute approximate surface area is 133 Å². The summed E-state index contributed by atoms with van der Waals surface area (Å²) >= 11 is 6.12. The molecule has 0 saturated carbocycles. The number of carbonyl (C=O) groups excluding carboxylic acids is 1. The van der Waals surface area contributed by atoms with Crippen LogP contribution >= 0.6 is 11.6 Å². The van der Waals surface area contributed by atoms with Gasteiger partial charge in [0, 0.05) is 5.56 Å². The quantitative estimate of drug-likeness (QED) is 0.497. The average Bonchev–Trinajstić information content (AvgIpc) is 2.97. The van der Waals surface area contributed by atoms with Crippen molar-refractivity contribution >= 4 is 17.6 Å². The number of hydrogen-bond donors (Lipinski definition) is 0. The third-order valence-electron chi connectivity index (χ3n) is 3.15. The molecular formula is C18H13ClO3. The molecule has 1 heterocycles. The maximum atomic E-state index is 12.1. The largest absolute Gasteiger partial charge is 0.449 e. The minimum absolute atomic E-state index is 0.136. The van der Waals surface area contributed by atoms with Gasteiger partial charge in [0.15, 0.2) is 0 Å². The molecule has 0 unspecified atom stereocenters. The lowest BCUT2D eigenvalue weighted by molar-refractivity contribution is 0.0702. The standard InChI is InChI=1S/C18H13ClO3/c1-12-5-4-6-13(11-12)21-18(20)17-10-9-16(22-17)14-7-2-3-8-15(14)19/h2-11H,1H3. The zero-order chi connectivity index (χ0) is 15.5. The minimum atomic E-state index is -0.538. The van der Waals surface area contributed by atoms with Crippen molar-refractivity contribution in [1.29, 1.82) is 0 Å². The van der Waals surface area contributed by atoms with Crippen LogP contribution in [0.15, 0.2) is 65.1 Å². The fraction of sp³-hybridized carbons (Fsp3) is 0.0556. The number of halogens is 1. The van der Waals surface area contributed by atoms with E-state index in [0.29, 0.717) is 16.5 Å². The summed E-state index contributed by atoms with van der Waals surface area (Å²) in [7, 11) is 0. The van der Waals surface area contributed by atoms with Crippen LogP contribution < -0.4 is 4.74 Å². The highest BCUT2D eigenvalue weighted by atomic mass is 35.5. The number of rotatable bonds is 3. The molecule has 3 nitrogen and oxygen atoms in total. The average molecular weight is 313 g/mol. The molecule has 3 rings (SSSR count). The van der Waals surface area contributed by atoms with E-state index in [0.717, 1.165) is 11.1 Å². The van der Waals surface area contributed by atoms with Crippen molar-refractivity contribution in [2.75, 3.05) is 0 Å². The maximum Gasteiger partial charge on any atom is 0.379 e. The first-order chi connectivity index (χ1) is 10.6. The van der Waals surface area contributed by atoms with Gasteiger partial charge < -0.3 is 9.15 Å². The highest BCUT2D eigenvalue weighted by molar-refractivity contribution is 6.33. The van der Waals surface area contributed by atoms with Crippen molar-refractivity contribution < 1.29 is 13.9 Å².